The highest BCUT2D eigenvalue weighted by Crippen LogP contribution is 2.28. The molecule has 1 heterocycles. The summed E-state index contributed by atoms with van der Waals surface area (Å²) in [5, 5.41) is 29.7. The summed E-state index contributed by atoms with van der Waals surface area (Å²) in [6.45, 7) is 1.44. The van der Waals surface area contributed by atoms with Crippen molar-refractivity contribution in [3.8, 4) is 0 Å². The molecule has 20 heavy (non-hydrogen) atoms. The van der Waals surface area contributed by atoms with Gasteiger partial charge in [-0.05, 0) is 19.1 Å². The van der Waals surface area contributed by atoms with Gasteiger partial charge in [0.1, 0.15) is 11.3 Å². The lowest BCUT2D eigenvalue weighted by atomic mass is 10.1. The second kappa shape index (κ2) is 4.96. The molecule has 0 fully saturated rings. The smallest absolute Gasteiger partial charge is 0.341 e. The van der Waals surface area contributed by atoms with Crippen LogP contribution in [0, 0.1) is 10.1 Å². The fourth-order valence-electron chi connectivity index (χ4n) is 1.87. The molecule has 0 aliphatic carbocycles. The SMILES string of the molecule is CC1=N/C(=C/c2ccccc2[N+](=O)[O-])C(O)=C1C(=O)O. The Morgan fingerprint density at radius 2 is 2.05 bits per heavy atom. The number of rotatable bonds is 3. The van der Waals surface area contributed by atoms with Gasteiger partial charge in [0, 0.05) is 6.07 Å². The summed E-state index contributed by atoms with van der Waals surface area (Å²) < 4.78 is 0. The molecule has 0 saturated heterocycles. The number of hydrogen-bond donors (Lipinski definition) is 2. The first-order chi connectivity index (χ1) is 9.41. The molecule has 0 amide bonds. The van der Waals surface area contributed by atoms with E-state index in [1.807, 2.05) is 0 Å². The largest absolute Gasteiger partial charge is 0.505 e. The molecule has 0 saturated carbocycles. The first kappa shape index (κ1) is 13.5. The summed E-state index contributed by atoms with van der Waals surface area (Å²) in [5.41, 5.74) is -0.0597. The molecule has 1 aliphatic heterocycles. The van der Waals surface area contributed by atoms with Crippen molar-refractivity contribution < 1.29 is 19.9 Å². The maximum atomic E-state index is 11.0. The molecule has 7 heteroatoms. The van der Waals surface area contributed by atoms with Crippen LogP contribution in [-0.2, 0) is 4.79 Å². The van der Waals surface area contributed by atoms with Gasteiger partial charge in [-0.3, -0.25) is 10.1 Å². The number of nitro groups is 1. The van der Waals surface area contributed by atoms with Crippen molar-refractivity contribution in [2.75, 3.05) is 0 Å². The van der Waals surface area contributed by atoms with Crippen LogP contribution in [0.25, 0.3) is 6.08 Å². The average molecular weight is 274 g/mol. The van der Waals surface area contributed by atoms with Crippen LogP contribution in [0.3, 0.4) is 0 Å². The third-order valence-corrected chi connectivity index (χ3v) is 2.77. The molecule has 7 nitrogen and oxygen atoms in total. The second-order valence-corrected chi connectivity index (χ2v) is 4.07. The molecule has 2 N–H and O–H groups in total. The predicted molar refractivity (Wildman–Crippen MR) is 71.5 cm³/mol. The van der Waals surface area contributed by atoms with E-state index in [2.05, 4.69) is 4.99 Å². The van der Waals surface area contributed by atoms with Gasteiger partial charge in [-0.2, -0.15) is 0 Å². The third-order valence-electron chi connectivity index (χ3n) is 2.77. The van der Waals surface area contributed by atoms with Crippen LogP contribution in [0.4, 0.5) is 5.69 Å². The van der Waals surface area contributed by atoms with Gasteiger partial charge in [0.2, 0.25) is 0 Å². The number of carbonyl (C=O) groups is 1. The summed E-state index contributed by atoms with van der Waals surface area (Å²) in [6.07, 6.45) is 1.28. The highest BCUT2D eigenvalue weighted by Gasteiger charge is 2.26. The quantitative estimate of drug-likeness (QED) is 0.648. The number of carboxylic acids is 1. The van der Waals surface area contributed by atoms with E-state index >= 15 is 0 Å². The maximum absolute atomic E-state index is 11.0. The van der Waals surface area contributed by atoms with E-state index in [1.165, 1.54) is 31.2 Å². The number of carboxylic acid groups (broad SMARTS) is 1. The minimum absolute atomic E-state index is 0.00537. The summed E-state index contributed by atoms with van der Waals surface area (Å²) >= 11 is 0. The van der Waals surface area contributed by atoms with Crippen LogP contribution in [-0.4, -0.2) is 26.8 Å². The van der Waals surface area contributed by atoms with Gasteiger partial charge < -0.3 is 10.2 Å². The number of hydrogen-bond acceptors (Lipinski definition) is 5. The second-order valence-electron chi connectivity index (χ2n) is 4.07. The van der Waals surface area contributed by atoms with Gasteiger partial charge >= 0.3 is 5.97 Å². The number of benzene rings is 1. The number of aliphatic carboxylic acids is 1. The Balaban J connectivity index is 2.54. The maximum Gasteiger partial charge on any atom is 0.341 e. The van der Waals surface area contributed by atoms with Crippen LogP contribution in [0.15, 0.2) is 46.3 Å². The number of aliphatic imine (C=N–C) groups is 1. The molecule has 0 bridgehead atoms. The Bertz CT molecular complexity index is 700. The van der Waals surface area contributed by atoms with Crippen LogP contribution in [0.2, 0.25) is 0 Å². The van der Waals surface area contributed by atoms with Crippen LogP contribution in [0.1, 0.15) is 12.5 Å². The molecule has 0 spiro atoms. The highest BCUT2D eigenvalue weighted by atomic mass is 16.6. The van der Waals surface area contributed by atoms with E-state index in [0.717, 1.165) is 0 Å². The van der Waals surface area contributed by atoms with E-state index in [1.54, 1.807) is 6.07 Å². The average Bonchev–Trinajstić information content (AvgIpc) is 2.64. The molecule has 1 aromatic carbocycles. The minimum atomic E-state index is -1.30. The highest BCUT2D eigenvalue weighted by molar-refractivity contribution is 6.21. The number of aliphatic hydroxyl groups excluding tert-OH is 1. The number of nitrogens with zero attached hydrogens (tertiary/aromatic N) is 2. The molecular weight excluding hydrogens is 264 g/mol. The molecule has 0 aromatic heterocycles. The van der Waals surface area contributed by atoms with Gasteiger partial charge in [0.15, 0.2) is 5.76 Å². The summed E-state index contributed by atoms with van der Waals surface area (Å²) in [6, 6.07) is 5.92. The van der Waals surface area contributed by atoms with E-state index in [9.17, 15) is 20.0 Å². The van der Waals surface area contributed by atoms with Crippen molar-refractivity contribution in [1.82, 2.24) is 0 Å². The van der Waals surface area contributed by atoms with E-state index in [0.29, 0.717) is 0 Å². The molecule has 102 valence electrons. The van der Waals surface area contributed by atoms with Crippen LogP contribution < -0.4 is 0 Å². The lowest BCUT2D eigenvalue weighted by Crippen LogP contribution is -2.08. The first-order valence-electron chi connectivity index (χ1n) is 5.59. The Hall–Kier alpha value is -2.96. The molecular formula is C13H10N2O5. The van der Waals surface area contributed by atoms with Crippen LogP contribution in [0.5, 0.6) is 0 Å². The molecule has 1 aromatic rings. The number of para-hydroxylation sites is 1. The zero-order valence-electron chi connectivity index (χ0n) is 10.4. The number of nitro benzene ring substituents is 1. The Labute approximate surface area is 113 Å². The Morgan fingerprint density at radius 1 is 1.40 bits per heavy atom. The van der Waals surface area contributed by atoms with Crippen molar-refractivity contribution in [2.24, 2.45) is 4.99 Å². The Morgan fingerprint density at radius 3 is 2.60 bits per heavy atom. The molecule has 0 unspecified atom stereocenters. The molecule has 1 aliphatic rings. The molecule has 2 rings (SSSR count). The Kier molecular flexibility index (Phi) is 3.34. The standard InChI is InChI=1S/C13H10N2O5/c1-7-11(13(17)18)12(16)9(14-7)6-8-4-2-3-5-10(8)15(19)20/h2-6,16H,1H3,(H,17,18)/b9-6+. The zero-order chi connectivity index (χ0) is 14.9. The topological polar surface area (TPSA) is 113 Å². The summed E-state index contributed by atoms with van der Waals surface area (Å²) in [5.74, 6) is -1.79. The monoisotopic (exact) mass is 274 g/mol. The normalized spacial score (nSPS) is 16.4. The first-order valence-corrected chi connectivity index (χ1v) is 5.59. The van der Waals surface area contributed by atoms with Crippen molar-refractivity contribution >= 4 is 23.4 Å². The molecule has 0 radical (unpaired) electrons. The van der Waals surface area contributed by atoms with Gasteiger partial charge in [-0.25, -0.2) is 9.79 Å². The van der Waals surface area contributed by atoms with Gasteiger partial charge in [0.05, 0.1) is 16.2 Å². The fourth-order valence-corrected chi connectivity index (χ4v) is 1.87. The van der Waals surface area contributed by atoms with E-state index in [-0.39, 0.29) is 28.2 Å². The fraction of sp³-hybridized carbons (Fsp3) is 0.0769. The zero-order valence-corrected chi connectivity index (χ0v) is 10.4. The lowest BCUT2D eigenvalue weighted by molar-refractivity contribution is -0.385. The van der Waals surface area contributed by atoms with Gasteiger partial charge in [-0.15, -0.1) is 0 Å². The van der Waals surface area contributed by atoms with Crippen molar-refractivity contribution in [1.29, 1.82) is 0 Å². The van der Waals surface area contributed by atoms with Crippen molar-refractivity contribution in [2.45, 2.75) is 6.92 Å². The van der Waals surface area contributed by atoms with Crippen molar-refractivity contribution in [3.05, 3.63) is 57.0 Å². The minimum Gasteiger partial charge on any atom is -0.505 e. The summed E-state index contributed by atoms with van der Waals surface area (Å²) in [7, 11) is 0. The van der Waals surface area contributed by atoms with Crippen molar-refractivity contribution in [3.63, 3.8) is 0 Å². The summed E-state index contributed by atoms with van der Waals surface area (Å²) in [4.78, 5) is 25.2. The lowest BCUT2D eigenvalue weighted by Gasteiger charge is -1.99. The van der Waals surface area contributed by atoms with Crippen LogP contribution >= 0.6 is 0 Å². The van der Waals surface area contributed by atoms with E-state index < -0.39 is 16.7 Å². The third kappa shape index (κ3) is 2.28. The number of aliphatic hydroxyl groups is 1. The van der Waals surface area contributed by atoms with E-state index in [4.69, 9.17) is 5.11 Å². The predicted octanol–water partition coefficient (Wildman–Crippen LogP) is 2.31. The molecule has 0 atom stereocenters. The van der Waals surface area contributed by atoms with Gasteiger partial charge in [-0.1, -0.05) is 12.1 Å². The van der Waals surface area contributed by atoms with Gasteiger partial charge in [0.25, 0.3) is 5.69 Å².